The highest BCUT2D eigenvalue weighted by Crippen LogP contribution is 2.22. The fourth-order valence-corrected chi connectivity index (χ4v) is 2.66. The summed E-state index contributed by atoms with van der Waals surface area (Å²) in [6, 6.07) is 4.26. The lowest BCUT2D eigenvalue weighted by Gasteiger charge is -2.09. The molecule has 0 aliphatic heterocycles. The van der Waals surface area contributed by atoms with Crippen molar-refractivity contribution in [1.29, 1.82) is 0 Å². The lowest BCUT2D eigenvalue weighted by Crippen LogP contribution is -2.19. The molecule has 1 heterocycles. The Bertz CT molecular complexity index is 728. The Morgan fingerprint density at radius 3 is 2.75 bits per heavy atom. The van der Waals surface area contributed by atoms with Crippen LogP contribution in [0.3, 0.4) is 0 Å². The van der Waals surface area contributed by atoms with Gasteiger partial charge in [0.1, 0.15) is 0 Å². The molecule has 7 nitrogen and oxygen atoms in total. The van der Waals surface area contributed by atoms with Crippen molar-refractivity contribution in [3.63, 3.8) is 0 Å². The number of amides is 1. The third kappa shape index (κ3) is 2.91. The minimum Gasteiger partial charge on any atom is -0.355 e. The topological polar surface area (TPSA) is 104 Å². The molecule has 0 unspecified atom stereocenters. The van der Waals surface area contributed by atoms with Gasteiger partial charge in [-0.05, 0) is 18.2 Å². The van der Waals surface area contributed by atoms with E-state index in [-0.39, 0.29) is 21.3 Å². The Labute approximate surface area is 120 Å². The Morgan fingerprint density at radius 2 is 2.15 bits per heavy atom. The summed E-state index contributed by atoms with van der Waals surface area (Å²) in [5.41, 5.74) is 0.404. The van der Waals surface area contributed by atoms with Crippen LogP contribution in [0, 0.1) is 0 Å². The van der Waals surface area contributed by atoms with Crippen molar-refractivity contribution in [1.82, 2.24) is 15.3 Å². The summed E-state index contributed by atoms with van der Waals surface area (Å²) < 4.78 is 26.3. The number of sulfonamides is 1. The number of anilines is 1. The maximum absolute atomic E-state index is 12.0. The number of rotatable bonds is 4. The van der Waals surface area contributed by atoms with Gasteiger partial charge in [0.05, 0.1) is 23.1 Å². The third-order valence-corrected chi connectivity index (χ3v) is 4.09. The Balaban J connectivity index is 2.33. The molecule has 0 radical (unpaired) electrons. The van der Waals surface area contributed by atoms with Crippen LogP contribution in [0.5, 0.6) is 0 Å². The first-order chi connectivity index (χ1) is 9.44. The van der Waals surface area contributed by atoms with Gasteiger partial charge in [-0.2, -0.15) is 8.42 Å². The van der Waals surface area contributed by atoms with Crippen LogP contribution >= 0.6 is 11.6 Å². The van der Waals surface area contributed by atoms with E-state index in [4.69, 9.17) is 11.6 Å². The maximum atomic E-state index is 12.0. The molecule has 0 atom stereocenters. The second-order valence-corrected chi connectivity index (χ2v) is 5.85. The van der Waals surface area contributed by atoms with Gasteiger partial charge >= 0.3 is 0 Å². The molecule has 0 aliphatic carbocycles. The maximum Gasteiger partial charge on any atom is 0.278 e. The van der Waals surface area contributed by atoms with Gasteiger partial charge in [-0.15, -0.1) is 0 Å². The highest BCUT2D eigenvalue weighted by atomic mass is 35.5. The zero-order chi connectivity index (χ0) is 14.8. The monoisotopic (exact) mass is 314 g/mol. The molecule has 1 amide bonds. The van der Waals surface area contributed by atoms with Gasteiger partial charge in [0, 0.05) is 12.7 Å². The SMILES string of the molecule is CNC(=O)c1cc(NS(=O)(=O)c2cnc[nH]2)ccc1Cl. The smallest absolute Gasteiger partial charge is 0.278 e. The van der Waals surface area contributed by atoms with Crippen molar-refractivity contribution in [2.24, 2.45) is 0 Å². The van der Waals surface area contributed by atoms with Crippen LogP contribution in [0.15, 0.2) is 35.7 Å². The van der Waals surface area contributed by atoms with E-state index in [0.29, 0.717) is 0 Å². The molecule has 0 fully saturated rings. The van der Waals surface area contributed by atoms with E-state index >= 15 is 0 Å². The van der Waals surface area contributed by atoms with E-state index < -0.39 is 15.9 Å². The zero-order valence-electron chi connectivity index (χ0n) is 10.3. The summed E-state index contributed by atoms with van der Waals surface area (Å²) in [7, 11) is -2.32. The third-order valence-electron chi connectivity index (χ3n) is 2.45. The van der Waals surface area contributed by atoms with Crippen LogP contribution in [0.2, 0.25) is 5.02 Å². The largest absolute Gasteiger partial charge is 0.355 e. The predicted octanol–water partition coefficient (Wildman–Crippen LogP) is 1.22. The summed E-state index contributed by atoms with van der Waals surface area (Å²) in [5, 5.41) is 2.58. The molecule has 9 heteroatoms. The number of hydrogen-bond donors (Lipinski definition) is 3. The minimum atomic E-state index is -3.77. The number of aromatic amines is 1. The molecular formula is C11H11ClN4O3S. The van der Waals surface area contributed by atoms with Crippen molar-refractivity contribution in [2.75, 3.05) is 11.8 Å². The summed E-state index contributed by atoms with van der Waals surface area (Å²) >= 11 is 5.89. The molecule has 0 spiro atoms. The highest BCUT2D eigenvalue weighted by Gasteiger charge is 2.17. The number of carbonyl (C=O) groups is 1. The number of aromatic nitrogens is 2. The Kier molecular flexibility index (Phi) is 3.96. The molecule has 1 aromatic heterocycles. The molecular weight excluding hydrogens is 304 g/mol. The van der Waals surface area contributed by atoms with E-state index in [2.05, 4.69) is 20.0 Å². The average molecular weight is 315 g/mol. The van der Waals surface area contributed by atoms with Crippen molar-refractivity contribution in [2.45, 2.75) is 5.03 Å². The number of benzene rings is 1. The number of nitrogens with one attached hydrogen (secondary N) is 3. The molecule has 0 aliphatic rings. The van der Waals surface area contributed by atoms with Crippen molar-refractivity contribution in [3.8, 4) is 0 Å². The summed E-state index contributed by atoms with van der Waals surface area (Å²) in [6.07, 6.45) is 2.43. The first-order valence-electron chi connectivity index (χ1n) is 5.47. The van der Waals surface area contributed by atoms with Crippen LogP contribution in [-0.4, -0.2) is 31.3 Å². The van der Waals surface area contributed by atoms with E-state index in [9.17, 15) is 13.2 Å². The number of halogens is 1. The molecule has 0 bridgehead atoms. The minimum absolute atomic E-state index is 0.0751. The average Bonchev–Trinajstić information content (AvgIpc) is 2.94. The van der Waals surface area contributed by atoms with Gasteiger partial charge in [0.15, 0.2) is 5.03 Å². The van der Waals surface area contributed by atoms with E-state index in [1.165, 1.54) is 37.8 Å². The van der Waals surface area contributed by atoms with Gasteiger partial charge in [0.25, 0.3) is 15.9 Å². The number of carbonyl (C=O) groups excluding carboxylic acids is 1. The van der Waals surface area contributed by atoms with Crippen LogP contribution < -0.4 is 10.0 Å². The highest BCUT2D eigenvalue weighted by molar-refractivity contribution is 7.92. The van der Waals surface area contributed by atoms with Crippen molar-refractivity contribution < 1.29 is 13.2 Å². The van der Waals surface area contributed by atoms with E-state index in [1.807, 2.05) is 0 Å². The van der Waals surface area contributed by atoms with E-state index in [1.54, 1.807) is 0 Å². The summed E-state index contributed by atoms with van der Waals surface area (Å²) in [5.74, 6) is -0.405. The van der Waals surface area contributed by atoms with Gasteiger partial charge in [0.2, 0.25) is 0 Å². The van der Waals surface area contributed by atoms with Gasteiger partial charge in [-0.25, -0.2) is 4.98 Å². The normalized spacial score (nSPS) is 11.1. The van der Waals surface area contributed by atoms with Crippen LogP contribution in [0.1, 0.15) is 10.4 Å². The number of hydrogen-bond acceptors (Lipinski definition) is 4. The van der Waals surface area contributed by atoms with Crippen molar-refractivity contribution in [3.05, 3.63) is 41.3 Å². The first-order valence-corrected chi connectivity index (χ1v) is 7.33. The molecule has 3 N–H and O–H groups in total. The number of imidazole rings is 1. The molecule has 20 heavy (non-hydrogen) atoms. The molecule has 2 aromatic rings. The molecule has 2 rings (SSSR count). The molecule has 0 saturated heterocycles. The fourth-order valence-electron chi connectivity index (χ4n) is 1.50. The number of nitrogens with zero attached hydrogens (tertiary/aromatic N) is 1. The van der Waals surface area contributed by atoms with Crippen LogP contribution in [-0.2, 0) is 10.0 Å². The predicted molar refractivity (Wildman–Crippen MR) is 74.2 cm³/mol. The van der Waals surface area contributed by atoms with Gasteiger partial charge < -0.3 is 10.3 Å². The van der Waals surface area contributed by atoms with E-state index in [0.717, 1.165) is 0 Å². The summed E-state index contributed by atoms with van der Waals surface area (Å²) in [6.45, 7) is 0. The first kappa shape index (κ1) is 14.4. The Morgan fingerprint density at radius 1 is 1.40 bits per heavy atom. The summed E-state index contributed by atoms with van der Waals surface area (Å²) in [4.78, 5) is 17.7. The lowest BCUT2D eigenvalue weighted by atomic mass is 10.2. The second kappa shape index (κ2) is 5.51. The molecule has 1 aromatic carbocycles. The van der Waals surface area contributed by atoms with Crippen molar-refractivity contribution >= 4 is 33.2 Å². The lowest BCUT2D eigenvalue weighted by molar-refractivity contribution is 0.0963. The van der Waals surface area contributed by atoms with Gasteiger partial charge in [-0.1, -0.05) is 11.6 Å². The van der Waals surface area contributed by atoms with Crippen LogP contribution in [0.4, 0.5) is 5.69 Å². The number of H-pyrrole nitrogens is 1. The van der Waals surface area contributed by atoms with Crippen LogP contribution in [0.25, 0.3) is 0 Å². The standard InChI is InChI=1S/C11H11ClN4O3S/c1-13-11(17)8-4-7(2-3-9(8)12)16-20(18,19)10-5-14-6-15-10/h2-6,16H,1H3,(H,13,17)(H,14,15). The molecule has 0 saturated carbocycles. The Hall–Kier alpha value is -2.06. The quantitative estimate of drug-likeness (QED) is 0.789. The molecule has 106 valence electrons. The zero-order valence-corrected chi connectivity index (χ0v) is 11.9. The van der Waals surface area contributed by atoms with Gasteiger partial charge in [-0.3, -0.25) is 9.52 Å². The fraction of sp³-hybridized carbons (Fsp3) is 0.0909. The second-order valence-electron chi connectivity index (χ2n) is 3.80.